The summed E-state index contributed by atoms with van der Waals surface area (Å²) in [6, 6.07) is 20.4. The number of rotatable bonds is 5. The Bertz CT molecular complexity index is 1260. The molecule has 6 nitrogen and oxygen atoms in total. The van der Waals surface area contributed by atoms with E-state index >= 15 is 0 Å². The molecule has 0 radical (unpaired) electrons. The highest BCUT2D eigenvalue weighted by atomic mass is 35.5. The lowest BCUT2D eigenvalue weighted by Crippen LogP contribution is -2.42. The maximum atomic E-state index is 13.3. The van der Waals surface area contributed by atoms with E-state index in [2.05, 4.69) is 5.32 Å². The van der Waals surface area contributed by atoms with Crippen molar-refractivity contribution in [1.82, 2.24) is 5.32 Å². The molecular weight excluding hydrogens is 460 g/mol. The number of halogens is 1. The zero-order valence-electron chi connectivity index (χ0n) is 17.4. The van der Waals surface area contributed by atoms with Crippen LogP contribution in [0.4, 0.5) is 5.69 Å². The largest absolute Gasteiger partial charge is 0.454 e. The maximum Gasteiger partial charge on any atom is 0.265 e. The molecule has 0 aromatic heterocycles. The number of amides is 2. The number of carbonyl (C=O) groups excluding carboxylic acids is 2. The summed E-state index contributed by atoms with van der Waals surface area (Å²) in [5, 5.41) is 3.52. The third kappa shape index (κ3) is 4.69. The molecule has 2 amide bonds. The molecule has 3 aromatic carbocycles. The van der Waals surface area contributed by atoms with Crippen LogP contribution in [-0.2, 0) is 16.1 Å². The molecule has 0 atom stereocenters. The van der Waals surface area contributed by atoms with Gasteiger partial charge in [-0.05, 0) is 53.6 Å². The quantitative estimate of drug-likeness (QED) is 0.530. The van der Waals surface area contributed by atoms with Gasteiger partial charge in [-0.15, -0.1) is 0 Å². The predicted molar refractivity (Wildman–Crippen MR) is 128 cm³/mol. The number of nitrogens with one attached hydrogen (secondary N) is 1. The molecule has 3 aromatic rings. The molecule has 0 bridgehead atoms. The van der Waals surface area contributed by atoms with Crippen LogP contribution >= 0.6 is 23.4 Å². The van der Waals surface area contributed by atoms with Crippen LogP contribution in [0.25, 0.3) is 6.08 Å². The fourth-order valence-corrected chi connectivity index (χ4v) is 4.77. The van der Waals surface area contributed by atoms with Crippen LogP contribution in [0, 0.1) is 0 Å². The van der Waals surface area contributed by atoms with Crippen molar-refractivity contribution in [1.29, 1.82) is 0 Å². The second-order valence-corrected chi connectivity index (χ2v) is 9.01. The van der Waals surface area contributed by atoms with Crippen LogP contribution in [0.15, 0.2) is 76.5 Å². The Hall–Kier alpha value is -3.42. The molecule has 1 N–H and O–H groups in total. The maximum absolute atomic E-state index is 13.3. The number of benzene rings is 3. The summed E-state index contributed by atoms with van der Waals surface area (Å²) in [6.07, 6.45) is 1.82. The van der Waals surface area contributed by atoms with E-state index in [0.29, 0.717) is 28.0 Å². The SMILES string of the molecule is O=C(CN1C(=O)C(=Cc2ccc(Cl)cc2)Sc2ccccc21)NCc1ccc2c(c1)OCO2. The smallest absolute Gasteiger partial charge is 0.265 e. The van der Waals surface area contributed by atoms with Crippen LogP contribution in [0.1, 0.15) is 11.1 Å². The Morgan fingerprint density at radius 2 is 1.85 bits per heavy atom. The molecule has 0 aliphatic carbocycles. The van der Waals surface area contributed by atoms with E-state index in [0.717, 1.165) is 21.7 Å². The number of para-hydroxylation sites is 1. The first-order valence-corrected chi connectivity index (χ1v) is 11.5. The highest BCUT2D eigenvalue weighted by Gasteiger charge is 2.30. The molecule has 2 heterocycles. The van der Waals surface area contributed by atoms with Gasteiger partial charge in [0.05, 0.1) is 10.6 Å². The molecule has 0 fully saturated rings. The first-order valence-electron chi connectivity index (χ1n) is 10.3. The Morgan fingerprint density at radius 1 is 1.06 bits per heavy atom. The second-order valence-electron chi connectivity index (χ2n) is 7.49. The van der Waals surface area contributed by atoms with E-state index in [1.807, 2.05) is 60.7 Å². The number of fused-ring (bicyclic) bond motifs is 2. The van der Waals surface area contributed by atoms with Gasteiger partial charge in [0.25, 0.3) is 5.91 Å². The van der Waals surface area contributed by atoms with Gasteiger partial charge in [-0.2, -0.15) is 0 Å². The number of hydrogen-bond acceptors (Lipinski definition) is 5. The summed E-state index contributed by atoms with van der Waals surface area (Å²) in [4.78, 5) is 29.0. The van der Waals surface area contributed by atoms with E-state index in [4.69, 9.17) is 21.1 Å². The minimum atomic E-state index is -0.256. The van der Waals surface area contributed by atoms with Crippen molar-refractivity contribution >= 4 is 46.9 Å². The standard InChI is InChI=1S/C25H19ClN2O4S/c26-18-8-5-16(6-9-18)12-23-25(30)28(19-3-1-2-4-22(19)33-23)14-24(29)27-13-17-7-10-20-21(11-17)32-15-31-20/h1-12H,13-15H2,(H,27,29). The van der Waals surface area contributed by atoms with Gasteiger partial charge in [-0.1, -0.05) is 53.7 Å². The van der Waals surface area contributed by atoms with Crippen LogP contribution in [0.2, 0.25) is 5.02 Å². The fourth-order valence-electron chi connectivity index (χ4n) is 3.58. The first-order chi connectivity index (χ1) is 16.1. The summed E-state index contributed by atoms with van der Waals surface area (Å²) in [6.45, 7) is 0.436. The van der Waals surface area contributed by atoms with Crippen LogP contribution < -0.4 is 19.7 Å². The Kier molecular flexibility index (Phi) is 5.98. The fraction of sp³-hybridized carbons (Fsp3) is 0.120. The number of nitrogens with zero attached hydrogens (tertiary/aromatic N) is 1. The third-order valence-corrected chi connectivity index (χ3v) is 6.56. The summed E-state index contributed by atoms with van der Waals surface area (Å²) in [7, 11) is 0. The molecule has 33 heavy (non-hydrogen) atoms. The molecule has 0 spiro atoms. The Labute approximate surface area is 200 Å². The molecule has 0 saturated heterocycles. The second kappa shape index (κ2) is 9.21. The van der Waals surface area contributed by atoms with Crippen molar-refractivity contribution in [2.45, 2.75) is 11.4 Å². The molecular formula is C25H19ClN2O4S. The van der Waals surface area contributed by atoms with Crippen molar-refractivity contribution < 1.29 is 19.1 Å². The van der Waals surface area contributed by atoms with Crippen LogP contribution in [-0.4, -0.2) is 25.2 Å². The van der Waals surface area contributed by atoms with Gasteiger partial charge >= 0.3 is 0 Å². The molecule has 166 valence electrons. The molecule has 0 unspecified atom stereocenters. The van der Waals surface area contributed by atoms with Gasteiger partial charge in [0.1, 0.15) is 6.54 Å². The van der Waals surface area contributed by atoms with E-state index in [1.165, 1.54) is 16.7 Å². The van der Waals surface area contributed by atoms with Gasteiger partial charge in [0.15, 0.2) is 11.5 Å². The number of thioether (sulfide) groups is 1. The van der Waals surface area contributed by atoms with Crippen molar-refractivity contribution in [3.05, 3.63) is 87.8 Å². The molecule has 2 aliphatic heterocycles. The highest BCUT2D eigenvalue weighted by Crippen LogP contribution is 2.42. The summed E-state index contributed by atoms with van der Waals surface area (Å²) >= 11 is 7.37. The van der Waals surface area contributed by atoms with E-state index < -0.39 is 0 Å². The van der Waals surface area contributed by atoms with Crippen LogP contribution in [0.5, 0.6) is 11.5 Å². The average molecular weight is 479 g/mol. The number of hydrogen-bond donors (Lipinski definition) is 1. The molecule has 5 rings (SSSR count). The Morgan fingerprint density at radius 3 is 2.70 bits per heavy atom. The lowest BCUT2D eigenvalue weighted by Gasteiger charge is -2.29. The van der Waals surface area contributed by atoms with E-state index in [9.17, 15) is 9.59 Å². The van der Waals surface area contributed by atoms with Crippen molar-refractivity contribution in [2.24, 2.45) is 0 Å². The van der Waals surface area contributed by atoms with Crippen molar-refractivity contribution in [3.63, 3.8) is 0 Å². The lowest BCUT2D eigenvalue weighted by atomic mass is 10.2. The third-order valence-electron chi connectivity index (χ3n) is 5.23. The minimum absolute atomic E-state index is 0.0844. The Balaban J connectivity index is 1.33. The van der Waals surface area contributed by atoms with Crippen molar-refractivity contribution in [2.75, 3.05) is 18.2 Å². The van der Waals surface area contributed by atoms with Gasteiger partial charge < -0.3 is 14.8 Å². The predicted octanol–water partition coefficient (Wildman–Crippen LogP) is 4.86. The summed E-state index contributed by atoms with van der Waals surface area (Å²) < 4.78 is 10.7. The number of anilines is 1. The van der Waals surface area contributed by atoms with Crippen LogP contribution in [0.3, 0.4) is 0 Å². The zero-order valence-corrected chi connectivity index (χ0v) is 19.0. The van der Waals surface area contributed by atoms with Gasteiger partial charge in [-0.3, -0.25) is 14.5 Å². The number of carbonyl (C=O) groups is 2. The zero-order chi connectivity index (χ0) is 22.8. The topological polar surface area (TPSA) is 67.9 Å². The van der Waals surface area contributed by atoms with Crippen molar-refractivity contribution in [3.8, 4) is 11.5 Å². The monoisotopic (exact) mass is 478 g/mol. The van der Waals surface area contributed by atoms with E-state index in [1.54, 1.807) is 12.1 Å². The summed E-state index contributed by atoms with van der Waals surface area (Å²) in [5.74, 6) is 0.884. The highest BCUT2D eigenvalue weighted by molar-refractivity contribution is 8.04. The van der Waals surface area contributed by atoms with E-state index in [-0.39, 0.29) is 25.2 Å². The molecule has 0 saturated carbocycles. The minimum Gasteiger partial charge on any atom is -0.454 e. The van der Waals surface area contributed by atoms with Gasteiger partial charge in [-0.25, -0.2) is 0 Å². The lowest BCUT2D eigenvalue weighted by molar-refractivity contribution is -0.122. The first kappa shape index (κ1) is 21.4. The normalized spacial score (nSPS) is 15.5. The summed E-state index contributed by atoms with van der Waals surface area (Å²) in [5.41, 5.74) is 2.47. The molecule has 8 heteroatoms. The number of ether oxygens (including phenoxy) is 2. The average Bonchev–Trinajstić information content (AvgIpc) is 3.30. The molecule has 2 aliphatic rings. The van der Waals surface area contributed by atoms with Gasteiger partial charge in [0.2, 0.25) is 12.7 Å². The van der Waals surface area contributed by atoms with Gasteiger partial charge in [0, 0.05) is 16.5 Å².